The highest BCUT2D eigenvalue weighted by molar-refractivity contribution is 5.29. The Bertz CT molecular complexity index is 316. The number of benzene rings is 1. The van der Waals surface area contributed by atoms with E-state index in [9.17, 15) is 4.39 Å². The number of aryl methyl sites for hydroxylation is 1. The second-order valence-corrected chi connectivity index (χ2v) is 4.00. The largest absolute Gasteiger partial charge is 0.310 e. The second kappa shape index (κ2) is 4.09. The van der Waals surface area contributed by atoms with Crippen LogP contribution in [0.1, 0.15) is 36.4 Å². The van der Waals surface area contributed by atoms with E-state index < -0.39 is 0 Å². The van der Waals surface area contributed by atoms with Gasteiger partial charge in [-0.1, -0.05) is 12.5 Å². The minimum atomic E-state index is -0.137. The average Bonchev–Trinajstić information content (AvgIpc) is 2.19. The summed E-state index contributed by atoms with van der Waals surface area (Å²) in [4.78, 5) is 0. The molecule has 1 heterocycles. The van der Waals surface area contributed by atoms with Gasteiger partial charge in [0.05, 0.1) is 0 Å². The molecular formula is C12H16FN. The van der Waals surface area contributed by atoms with Gasteiger partial charge in [0, 0.05) is 6.04 Å². The fourth-order valence-electron chi connectivity index (χ4n) is 2.15. The van der Waals surface area contributed by atoms with Crippen molar-refractivity contribution in [1.82, 2.24) is 5.32 Å². The van der Waals surface area contributed by atoms with Crippen LogP contribution in [0.15, 0.2) is 18.2 Å². The summed E-state index contributed by atoms with van der Waals surface area (Å²) in [5.74, 6) is -0.137. The van der Waals surface area contributed by atoms with Gasteiger partial charge in [0.1, 0.15) is 5.82 Å². The molecule has 1 nitrogen and oxygen atoms in total. The lowest BCUT2D eigenvalue weighted by molar-refractivity contribution is 0.410. The molecule has 2 heteroatoms. The van der Waals surface area contributed by atoms with Gasteiger partial charge in [-0.25, -0.2) is 4.39 Å². The van der Waals surface area contributed by atoms with Crippen LogP contribution in [0.4, 0.5) is 4.39 Å². The van der Waals surface area contributed by atoms with Crippen LogP contribution >= 0.6 is 0 Å². The topological polar surface area (TPSA) is 12.0 Å². The Morgan fingerprint density at radius 1 is 1.36 bits per heavy atom. The third-order valence-corrected chi connectivity index (χ3v) is 2.92. The van der Waals surface area contributed by atoms with Crippen LogP contribution in [-0.2, 0) is 0 Å². The van der Waals surface area contributed by atoms with Gasteiger partial charge in [-0.3, -0.25) is 0 Å². The van der Waals surface area contributed by atoms with Crippen molar-refractivity contribution in [3.8, 4) is 0 Å². The lowest BCUT2D eigenvalue weighted by Crippen LogP contribution is -2.27. The molecule has 1 N–H and O–H groups in total. The summed E-state index contributed by atoms with van der Waals surface area (Å²) in [6.07, 6.45) is 3.71. The number of piperidine rings is 1. The van der Waals surface area contributed by atoms with Crippen LogP contribution in [-0.4, -0.2) is 6.54 Å². The van der Waals surface area contributed by atoms with E-state index in [0.717, 1.165) is 12.1 Å². The maximum atomic E-state index is 12.9. The highest BCUT2D eigenvalue weighted by Crippen LogP contribution is 2.25. The molecule has 0 aliphatic carbocycles. The molecule has 0 radical (unpaired) electrons. The third kappa shape index (κ3) is 1.95. The van der Waals surface area contributed by atoms with E-state index in [0.29, 0.717) is 6.04 Å². The molecule has 1 atom stereocenters. The predicted octanol–water partition coefficient (Wildman–Crippen LogP) is 2.95. The summed E-state index contributed by atoms with van der Waals surface area (Å²) in [6.45, 7) is 3.07. The molecule has 1 fully saturated rings. The van der Waals surface area contributed by atoms with Crippen LogP contribution in [0.5, 0.6) is 0 Å². The predicted molar refractivity (Wildman–Crippen MR) is 55.7 cm³/mol. The summed E-state index contributed by atoms with van der Waals surface area (Å²) < 4.78 is 12.9. The van der Waals surface area contributed by atoms with E-state index in [2.05, 4.69) is 5.32 Å². The zero-order chi connectivity index (χ0) is 9.97. The Morgan fingerprint density at radius 2 is 2.21 bits per heavy atom. The molecule has 1 aromatic rings. The van der Waals surface area contributed by atoms with Gasteiger partial charge in [0.2, 0.25) is 0 Å². The van der Waals surface area contributed by atoms with E-state index in [1.807, 2.05) is 13.0 Å². The minimum absolute atomic E-state index is 0.137. The molecular weight excluding hydrogens is 177 g/mol. The molecule has 0 aromatic heterocycles. The van der Waals surface area contributed by atoms with Crippen molar-refractivity contribution >= 4 is 0 Å². The van der Waals surface area contributed by atoms with E-state index >= 15 is 0 Å². The van der Waals surface area contributed by atoms with Crippen molar-refractivity contribution in [2.45, 2.75) is 32.2 Å². The van der Waals surface area contributed by atoms with Gasteiger partial charge in [0.15, 0.2) is 0 Å². The second-order valence-electron chi connectivity index (χ2n) is 4.00. The highest BCUT2D eigenvalue weighted by Gasteiger charge is 2.16. The quantitative estimate of drug-likeness (QED) is 0.723. The molecule has 0 unspecified atom stereocenters. The summed E-state index contributed by atoms with van der Waals surface area (Å²) in [5.41, 5.74) is 2.32. The van der Waals surface area contributed by atoms with E-state index in [-0.39, 0.29) is 5.82 Å². The number of rotatable bonds is 1. The standard InChI is InChI=1S/C12H16FN/c1-9-8-10(13)5-6-11(9)12-4-2-3-7-14-12/h5-6,8,12,14H,2-4,7H2,1H3/t12-/m0/s1. The Hall–Kier alpha value is -0.890. The maximum Gasteiger partial charge on any atom is 0.123 e. The molecule has 1 saturated heterocycles. The number of hydrogen-bond donors (Lipinski definition) is 1. The molecule has 1 aliphatic rings. The Morgan fingerprint density at radius 3 is 2.86 bits per heavy atom. The normalized spacial score (nSPS) is 22.3. The van der Waals surface area contributed by atoms with Gasteiger partial charge in [-0.2, -0.15) is 0 Å². The number of halogens is 1. The van der Waals surface area contributed by atoms with Crippen molar-refractivity contribution in [3.05, 3.63) is 35.1 Å². The first-order valence-corrected chi connectivity index (χ1v) is 5.27. The molecule has 0 saturated carbocycles. The minimum Gasteiger partial charge on any atom is -0.310 e. The third-order valence-electron chi connectivity index (χ3n) is 2.92. The monoisotopic (exact) mass is 193 g/mol. The van der Waals surface area contributed by atoms with Crippen molar-refractivity contribution in [1.29, 1.82) is 0 Å². The van der Waals surface area contributed by atoms with Gasteiger partial charge >= 0.3 is 0 Å². The molecule has 1 aliphatic heterocycles. The lowest BCUT2D eigenvalue weighted by Gasteiger charge is -2.25. The molecule has 0 spiro atoms. The first-order valence-electron chi connectivity index (χ1n) is 5.27. The molecule has 14 heavy (non-hydrogen) atoms. The maximum absolute atomic E-state index is 12.9. The van der Waals surface area contributed by atoms with Crippen LogP contribution in [0.2, 0.25) is 0 Å². The molecule has 0 bridgehead atoms. The van der Waals surface area contributed by atoms with E-state index in [1.165, 1.54) is 24.8 Å². The lowest BCUT2D eigenvalue weighted by atomic mass is 9.94. The molecule has 0 amide bonds. The van der Waals surface area contributed by atoms with Gasteiger partial charge < -0.3 is 5.32 Å². The van der Waals surface area contributed by atoms with Crippen molar-refractivity contribution < 1.29 is 4.39 Å². The Balaban J connectivity index is 2.22. The zero-order valence-corrected chi connectivity index (χ0v) is 8.52. The highest BCUT2D eigenvalue weighted by atomic mass is 19.1. The van der Waals surface area contributed by atoms with Crippen LogP contribution in [0, 0.1) is 12.7 Å². The van der Waals surface area contributed by atoms with Crippen LogP contribution in [0.25, 0.3) is 0 Å². The first-order chi connectivity index (χ1) is 6.77. The van der Waals surface area contributed by atoms with Crippen LogP contribution in [0.3, 0.4) is 0 Å². The zero-order valence-electron chi connectivity index (χ0n) is 8.52. The average molecular weight is 193 g/mol. The molecule has 76 valence electrons. The molecule has 1 aromatic carbocycles. The van der Waals surface area contributed by atoms with Gasteiger partial charge in [0.25, 0.3) is 0 Å². The van der Waals surface area contributed by atoms with Gasteiger partial charge in [-0.15, -0.1) is 0 Å². The van der Waals surface area contributed by atoms with Crippen LogP contribution < -0.4 is 5.32 Å². The summed E-state index contributed by atoms with van der Waals surface area (Å²) in [5, 5.41) is 3.47. The fraction of sp³-hybridized carbons (Fsp3) is 0.500. The number of hydrogen-bond acceptors (Lipinski definition) is 1. The summed E-state index contributed by atoms with van der Waals surface area (Å²) in [7, 11) is 0. The Labute approximate surface area is 84.3 Å². The Kier molecular flexibility index (Phi) is 2.82. The van der Waals surface area contributed by atoms with Crippen molar-refractivity contribution in [2.24, 2.45) is 0 Å². The van der Waals surface area contributed by atoms with Crippen molar-refractivity contribution in [3.63, 3.8) is 0 Å². The van der Waals surface area contributed by atoms with Crippen molar-refractivity contribution in [2.75, 3.05) is 6.54 Å². The smallest absolute Gasteiger partial charge is 0.123 e. The first kappa shape index (κ1) is 9.66. The fourth-order valence-corrected chi connectivity index (χ4v) is 2.15. The molecule has 2 rings (SSSR count). The summed E-state index contributed by atoms with van der Waals surface area (Å²) in [6, 6.07) is 5.52. The van der Waals surface area contributed by atoms with Gasteiger partial charge in [-0.05, 0) is 49.6 Å². The summed E-state index contributed by atoms with van der Waals surface area (Å²) >= 11 is 0. The number of nitrogens with one attached hydrogen (secondary N) is 1. The van der Waals surface area contributed by atoms with E-state index in [1.54, 1.807) is 12.1 Å². The van der Waals surface area contributed by atoms with E-state index in [4.69, 9.17) is 0 Å². The SMILES string of the molecule is Cc1cc(F)ccc1[C@@H]1CCCCN1.